The first kappa shape index (κ1) is 15.3. The van der Waals surface area contributed by atoms with Crippen LogP contribution in [0.15, 0.2) is 17.2 Å². The summed E-state index contributed by atoms with van der Waals surface area (Å²) < 4.78 is 1.79. The second-order valence-electron chi connectivity index (χ2n) is 7.62. The van der Waals surface area contributed by atoms with Gasteiger partial charge in [0.25, 0.3) is 5.56 Å². The van der Waals surface area contributed by atoms with Crippen molar-refractivity contribution in [1.82, 2.24) is 14.5 Å². The molecule has 1 aliphatic heterocycles. The van der Waals surface area contributed by atoms with Crippen LogP contribution in [0.25, 0.3) is 0 Å². The van der Waals surface area contributed by atoms with Gasteiger partial charge < -0.3 is 5.11 Å². The molecule has 2 heterocycles. The molecule has 1 aromatic rings. The van der Waals surface area contributed by atoms with Crippen molar-refractivity contribution in [2.24, 2.45) is 5.92 Å². The zero-order chi connectivity index (χ0) is 15.8. The molecule has 3 fully saturated rings. The predicted octanol–water partition coefficient (Wildman–Crippen LogP) is 1.75. The van der Waals surface area contributed by atoms with E-state index >= 15 is 0 Å². The Morgan fingerprint density at radius 1 is 1.13 bits per heavy atom. The maximum atomic E-state index is 12.2. The summed E-state index contributed by atoms with van der Waals surface area (Å²) in [5, 5.41) is 10.1. The summed E-state index contributed by atoms with van der Waals surface area (Å²) in [7, 11) is 0. The first-order valence-corrected chi connectivity index (χ1v) is 9.19. The maximum Gasteiger partial charge on any atom is 0.253 e. The van der Waals surface area contributed by atoms with E-state index < -0.39 is 0 Å². The van der Waals surface area contributed by atoms with Crippen molar-refractivity contribution < 1.29 is 5.11 Å². The van der Waals surface area contributed by atoms with Crippen molar-refractivity contribution in [2.75, 3.05) is 13.1 Å². The number of rotatable bonds is 4. The Kier molecular flexibility index (Phi) is 4.24. The van der Waals surface area contributed by atoms with E-state index in [0.29, 0.717) is 17.9 Å². The summed E-state index contributed by atoms with van der Waals surface area (Å²) in [4.78, 5) is 19.2. The number of piperidine rings is 1. The molecule has 1 aromatic heterocycles. The number of aromatic nitrogens is 2. The van der Waals surface area contributed by atoms with Crippen molar-refractivity contribution in [1.29, 1.82) is 0 Å². The number of hydrogen-bond acceptors (Lipinski definition) is 4. The summed E-state index contributed by atoms with van der Waals surface area (Å²) in [5.74, 6) is 1.09. The van der Waals surface area contributed by atoms with Gasteiger partial charge in [0.2, 0.25) is 0 Å². The van der Waals surface area contributed by atoms with Crippen LogP contribution in [0, 0.1) is 5.92 Å². The van der Waals surface area contributed by atoms with Crippen LogP contribution < -0.4 is 5.56 Å². The number of nitrogens with zero attached hydrogens (tertiary/aromatic N) is 3. The largest absolute Gasteiger partial charge is 0.391 e. The Hall–Kier alpha value is -1.20. The number of aliphatic hydroxyl groups excluding tert-OH is 1. The SMILES string of the molecule is O=c1cc(C2CC2)ncn1CC1CCN(C2CCCC2O)CC1. The fourth-order valence-corrected chi connectivity index (χ4v) is 4.27. The molecule has 126 valence electrons. The first-order valence-electron chi connectivity index (χ1n) is 9.19. The van der Waals surface area contributed by atoms with Crippen LogP contribution in [0.2, 0.25) is 0 Å². The van der Waals surface area contributed by atoms with Crippen molar-refractivity contribution in [2.45, 2.75) is 69.6 Å². The minimum Gasteiger partial charge on any atom is -0.391 e. The molecule has 5 nitrogen and oxygen atoms in total. The van der Waals surface area contributed by atoms with Gasteiger partial charge in [0.15, 0.2) is 0 Å². The lowest BCUT2D eigenvalue weighted by molar-refractivity contribution is 0.0460. The third kappa shape index (κ3) is 3.36. The molecule has 0 spiro atoms. The van der Waals surface area contributed by atoms with Crippen molar-refractivity contribution in [3.05, 3.63) is 28.4 Å². The summed E-state index contributed by atoms with van der Waals surface area (Å²) >= 11 is 0. The lowest BCUT2D eigenvalue weighted by Crippen LogP contribution is -2.45. The highest BCUT2D eigenvalue weighted by molar-refractivity contribution is 5.12. The molecular formula is C18H27N3O2. The van der Waals surface area contributed by atoms with Gasteiger partial charge in [-0.3, -0.25) is 14.3 Å². The Morgan fingerprint density at radius 3 is 2.52 bits per heavy atom. The van der Waals surface area contributed by atoms with Crippen LogP contribution in [-0.2, 0) is 6.54 Å². The van der Waals surface area contributed by atoms with Crippen LogP contribution in [-0.4, -0.2) is 44.8 Å². The Bertz CT molecular complexity index is 603. The summed E-state index contributed by atoms with van der Waals surface area (Å²) in [6.45, 7) is 2.89. The molecule has 1 N–H and O–H groups in total. The van der Waals surface area contributed by atoms with Gasteiger partial charge in [-0.25, -0.2) is 4.98 Å². The zero-order valence-corrected chi connectivity index (χ0v) is 13.7. The van der Waals surface area contributed by atoms with E-state index in [1.54, 1.807) is 17.0 Å². The second kappa shape index (κ2) is 6.36. The highest BCUT2D eigenvalue weighted by Gasteiger charge is 2.33. The molecule has 5 heteroatoms. The molecular weight excluding hydrogens is 290 g/mol. The van der Waals surface area contributed by atoms with Crippen molar-refractivity contribution >= 4 is 0 Å². The Labute approximate surface area is 137 Å². The van der Waals surface area contributed by atoms with Crippen molar-refractivity contribution in [3.63, 3.8) is 0 Å². The smallest absolute Gasteiger partial charge is 0.253 e. The van der Waals surface area contributed by atoms with Crippen LogP contribution in [0.5, 0.6) is 0 Å². The minimum atomic E-state index is -0.131. The number of aliphatic hydroxyl groups is 1. The van der Waals surface area contributed by atoms with Gasteiger partial charge in [0.05, 0.1) is 18.1 Å². The van der Waals surface area contributed by atoms with Gasteiger partial charge in [-0.1, -0.05) is 0 Å². The molecule has 0 aromatic carbocycles. The van der Waals surface area contributed by atoms with E-state index in [2.05, 4.69) is 9.88 Å². The average molecular weight is 317 g/mol. The zero-order valence-electron chi connectivity index (χ0n) is 13.7. The van der Waals surface area contributed by atoms with E-state index in [4.69, 9.17) is 0 Å². The molecule has 4 rings (SSSR count). The Balaban J connectivity index is 1.33. The van der Waals surface area contributed by atoms with Crippen LogP contribution in [0.4, 0.5) is 0 Å². The van der Waals surface area contributed by atoms with Gasteiger partial charge in [0, 0.05) is 24.6 Å². The predicted molar refractivity (Wildman–Crippen MR) is 88.4 cm³/mol. The highest BCUT2D eigenvalue weighted by Crippen LogP contribution is 2.38. The topological polar surface area (TPSA) is 58.4 Å². The van der Waals surface area contributed by atoms with Gasteiger partial charge in [-0.15, -0.1) is 0 Å². The van der Waals surface area contributed by atoms with E-state index in [-0.39, 0.29) is 11.7 Å². The molecule has 2 saturated carbocycles. The van der Waals surface area contributed by atoms with E-state index in [1.807, 2.05) is 0 Å². The molecule has 2 atom stereocenters. The monoisotopic (exact) mass is 317 g/mol. The van der Waals surface area contributed by atoms with Crippen LogP contribution in [0.1, 0.15) is 56.6 Å². The minimum absolute atomic E-state index is 0.107. The summed E-state index contributed by atoms with van der Waals surface area (Å²) in [6.07, 6.45) is 9.46. The standard InChI is InChI=1S/C18H27N3O2/c22-17-3-1-2-16(17)20-8-6-13(7-9-20)11-21-12-19-15(10-18(21)23)14-4-5-14/h10,12-14,16-17,22H,1-9,11H2. The van der Waals surface area contributed by atoms with Crippen LogP contribution in [0.3, 0.4) is 0 Å². The highest BCUT2D eigenvalue weighted by atomic mass is 16.3. The van der Waals surface area contributed by atoms with Gasteiger partial charge in [0.1, 0.15) is 0 Å². The fourth-order valence-electron chi connectivity index (χ4n) is 4.27. The Morgan fingerprint density at radius 2 is 1.91 bits per heavy atom. The van der Waals surface area contributed by atoms with Gasteiger partial charge >= 0.3 is 0 Å². The van der Waals surface area contributed by atoms with E-state index in [0.717, 1.165) is 57.4 Å². The third-order valence-electron chi connectivity index (χ3n) is 5.91. The quantitative estimate of drug-likeness (QED) is 0.919. The lowest BCUT2D eigenvalue weighted by Gasteiger charge is -2.37. The van der Waals surface area contributed by atoms with E-state index in [1.165, 1.54) is 12.8 Å². The average Bonchev–Trinajstić information content (AvgIpc) is 3.32. The van der Waals surface area contributed by atoms with Crippen LogP contribution >= 0.6 is 0 Å². The molecule has 0 radical (unpaired) electrons. The van der Waals surface area contributed by atoms with Gasteiger partial charge in [-0.05, 0) is 64.0 Å². The molecule has 0 bridgehead atoms. The first-order chi connectivity index (χ1) is 11.2. The molecule has 1 saturated heterocycles. The number of hydrogen-bond donors (Lipinski definition) is 1. The molecule has 2 aliphatic carbocycles. The summed E-state index contributed by atoms with van der Waals surface area (Å²) in [6, 6.07) is 2.11. The lowest BCUT2D eigenvalue weighted by atomic mass is 9.95. The molecule has 0 amide bonds. The normalized spacial score (nSPS) is 30.0. The summed E-state index contributed by atoms with van der Waals surface area (Å²) in [5.41, 5.74) is 1.09. The maximum absolute atomic E-state index is 12.2. The molecule has 23 heavy (non-hydrogen) atoms. The van der Waals surface area contributed by atoms with Gasteiger partial charge in [-0.2, -0.15) is 0 Å². The van der Waals surface area contributed by atoms with Crippen molar-refractivity contribution in [3.8, 4) is 0 Å². The number of likely N-dealkylation sites (tertiary alicyclic amines) is 1. The fraction of sp³-hybridized carbons (Fsp3) is 0.778. The van der Waals surface area contributed by atoms with E-state index in [9.17, 15) is 9.90 Å². The third-order valence-corrected chi connectivity index (χ3v) is 5.91. The molecule has 2 unspecified atom stereocenters. The second-order valence-corrected chi connectivity index (χ2v) is 7.62. The molecule has 3 aliphatic rings.